The highest BCUT2D eigenvalue weighted by molar-refractivity contribution is 7.99. The zero-order chi connectivity index (χ0) is 21.7. The van der Waals surface area contributed by atoms with Crippen LogP contribution >= 0.6 is 23.4 Å². The number of aromatic nitrogens is 1. The Hall–Kier alpha value is -2.18. The number of rotatable bonds is 10. The number of carbonyl (C=O) groups is 1. The molecule has 1 N–H and O–H groups in total. The lowest BCUT2D eigenvalue weighted by molar-refractivity contribution is -0.121. The van der Waals surface area contributed by atoms with Crippen molar-refractivity contribution < 1.29 is 19.1 Å². The van der Waals surface area contributed by atoms with Gasteiger partial charge in [-0.3, -0.25) is 4.79 Å². The van der Waals surface area contributed by atoms with Crippen LogP contribution in [0.25, 0.3) is 11.1 Å². The number of ether oxygens (including phenoxy) is 1. The Labute approximate surface area is 185 Å². The van der Waals surface area contributed by atoms with Crippen LogP contribution in [0, 0.1) is 12.8 Å². The summed E-state index contributed by atoms with van der Waals surface area (Å²) in [6.45, 7) is 6.08. The Bertz CT molecular complexity index is 1030. The van der Waals surface area contributed by atoms with Crippen LogP contribution in [0.1, 0.15) is 37.8 Å². The SMILES string of the molecule is Cc1c(OCCCCSc2nc3ccc(Cl)cc3o2)ccc(CC(=O)C(C)C)c1O. The van der Waals surface area contributed by atoms with Crippen molar-refractivity contribution in [2.75, 3.05) is 12.4 Å². The van der Waals surface area contributed by atoms with E-state index in [-0.39, 0.29) is 23.9 Å². The van der Waals surface area contributed by atoms with Crippen molar-refractivity contribution in [2.45, 2.75) is 45.3 Å². The maximum absolute atomic E-state index is 11.9. The topological polar surface area (TPSA) is 72.6 Å². The summed E-state index contributed by atoms with van der Waals surface area (Å²) in [5.41, 5.74) is 2.82. The van der Waals surface area contributed by atoms with E-state index in [0.29, 0.717) is 39.3 Å². The van der Waals surface area contributed by atoms with Crippen molar-refractivity contribution >= 4 is 40.2 Å². The molecular formula is C23H26ClNO4S. The van der Waals surface area contributed by atoms with Gasteiger partial charge >= 0.3 is 0 Å². The van der Waals surface area contributed by atoms with Crippen LogP contribution < -0.4 is 4.74 Å². The van der Waals surface area contributed by atoms with E-state index in [2.05, 4.69) is 4.98 Å². The molecule has 0 aliphatic rings. The number of carbonyl (C=O) groups excluding carboxylic acids is 1. The van der Waals surface area contributed by atoms with Crippen molar-refractivity contribution in [3.63, 3.8) is 0 Å². The minimum absolute atomic E-state index is 0.0499. The molecule has 2 aromatic carbocycles. The number of oxazole rings is 1. The predicted octanol–water partition coefficient (Wildman–Crippen LogP) is 6.21. The van der Waals surface area contributed by atoms with Crippen LogP contribution in [-0.2, 0) is 11.2 Å². The first kappa shape index (κ1) is 22.5. The van der Waals surface area contributed by atoms with Gasteiger partial charge in [0, 0.05) is 40.3 Å². The number of ketones is 1. The molecule has 0 radical (unpaired) electrons. The lowest BCUT2D eigenvalue weighted by atomic mass is 9.98. The number of thioether (sulfide) groups is 1. The van der Waals surface area contributed by atoms with E-state index >= 15 is 0 Å². The number of Topliss-reactive ketones (excluding diaryl/α,β-unsaturated/α-hetero) is 1. The molecule has 3 aromatic rings. The number of halogens is 1. The number of aromatic hydroxyl groups is 1. The summed E-state index contributed by atoms with van der Waals surface area (Å²) < 4.78 is 11.5. The summed E-state index contributed by atoms with van der Waals surface area (Å²) in [6, 6.07) is 9.01. The van der Waals surface area contributed by atoms with E-state index in [1.807, 2.05) is 32.9 Å². The van der Waals surface area contributed by atoms with Gasteiger partial charge in [0.15, 0.2) is 5.58 Å². The van der Waals surface area contributed by atoms with Gasteiger partial charge in [0.2, 0.25) is 0 Å². The highest BCUT2D eigenvalue weighted by atomic mass is 35.5. The first-order chi connectivity index (χ1) is 14.3. The molecule has 0 aliphatic heterocycles. The third kappa shape index (κ3) is 5.70. The van der Waals surface area contributed by atoms with E-state index < -0.39 is 0 Å². The molecule has 0 saturated heterocycles. The van der Waals surface area contributed by atoms with Gasteiger partial charge in [-0.15, -0.1) is 0 Å². The maximum atomic E-state index is 11.9. The summed E-state index contributed by atoms with van der Waals surface area (Å²) in [7, 11) is 0. The fourth-order valence-electron chi connectivity index (χ4n) is 2.91. The van der Waals surface area contributed by atoms with Crippen molar-refractivity contribution in [1.29, 1.82) is 0 Å². The number of phenols is 1. The molecule has 0 fully saturated rings. The molecule has 0 saturated carbocycles. The lowest BCUT2D eigenvalue weighted by Gasteiger charge is -2.13. The summed E-state index contributed by atoms with van der Waals surface area (Å²) in [5.74, 6) is 1.72. The molecule has 0 spiro atoms. The summed E-state index contributed by atoms with van der Waals surface area (Å²) >= 11 is 7.53. The maximum Gasteiger partial charge on any atom is 0.256 e. The van der Waals surface area contributed by atoms with Gasteiger partial charge in [-0.1, -0.05) is 43.3 Å². The number of fused-ring (bicyclic) bond motifs is 1. The normalized spacial score (nSPS) is 11.4. The Morgan fingerprint density at radius 2 is 2.07 bits per heavy atom. The molecule has 1 aromatic heterocycles. The van der Waals surface area contributed by atoms with Gasteiger partial charge in [0.1, 0.15) is 22.8 Å². The van der Waals surface area contributed by atoms with Crippen LogP contribution in [-0.4, -0.2) is 28.2 Å². The molecule has 0 atom stereocenters. The largest absolute Gasteiger partial charge is 0.507 e. The van der Waals surface area contributed by atoms with E-state index in [4.69, 9.17) is 20.8 Å². The van der Waals surface area contributed by atoms with Gasteiger partial charge in [0.05, 0.1) is 6.61 Å². The molecule has 0 amide bonds. The summed E-state index contributed by atoms with van der Waals surface area (Å²) in [4.78, 5) is 16.4. The van der Waals surface area contributed by atoms with Crippen LogP contribution in [0.2, 0.25) is 5.02 Å². The molecule has 1 heterocycles. The molecule has 0 bridgehead atoms. The lowest BCUT2D eigenvalue weighted by Crippen LogP contribution is -2.10. The first-order valence-corrected chi connectivity index (χ1v) is 11.4. The van der Waals surface area contributed by atoms with Crippen molar-refractivity contribution in [2.24, 2.45) is 5.92 Å². The number of phenolic OH excluding ortho intramolecular Hbond substituents is 1. The summed E-state index contributed by atoms with van der Waals surface area (Å²) in [5, 5.41) is 11.7. The van der Waals surface area contributed by atoms with Gasteiger partial charge in [-0.2, -0.15) is 0 Å². The predicted molar refractivity (Wildman–Crippen MR) is 121 cm³/mol. The van der Waals surface area contributed by atoms with Gasteiger partial charge in [-0.25, -0.2) is 4.98 Å². The summed E-state index contributed by atoms with van der Waals surface area (Å²) in [6.07, 6.45) is 2.05. The monoisotopic (exact) mass is 447 g/mol. The fraction of sp³-hybridized carbons (Fsp3) is 0.391. The smallest absolute Gasteiger partial charge is 0.256 e. The molecule has 0 aliphatic carbocycles. The Morgan fingerprint density at radius 3 is 2.83 bits per heavy atom. The minimum Gasteiger partial charge on any atom is -0.507 e. The second kappa shape index (κ2) is 10.2. The fourth-order valence-corrected chi connectivity index (χ4v) is 3.91. The molecular weight excluding hydrogens is 422 g/mol. The standard InChI is InChI=1S/C23H26ClNO4S/c1-14(2)19(26)12-16-6-9-20(15(3)22(16)27)28-10-4-5-11-30-23-25-18-8-7-17(24)13-21(18)29-23/h6-9,13-14,27H,4-5,10-12H2,1-3H3. The second-order valence-electron chi connectivity index (χ2n) is 7.49. The number of unbranched alkanes of at least 4 members (excludes halogenated alkanes) is 1. The van der Waals surface area contributed by atoms with E-state index in [0.717, 1.165) is 24.1 Å². The zero-order valence-electron chi connectivity index (χ0n) is 17.4. The van der Waals surface area contributed by atoms with Gasteiger partial charge in [0.25, 0.3) is 5.22 Å². The molecule has 7 heteroatoms. The van der Waals surface area contributed by atoms with E-state index in [1.54, 1.807) is 30.0 Å². The Kier molecular flexibility index (Phi) is 7.67. The van der Waals surface area contributed by atoms with Crippen LogP contribution in [0.15, 0.2) is 40.0 Å². The number of hydrogen-bond acceptors (Lipinski definition) is 6. The van der Waals surface area contributed by atoms with Gasteiger partial charge < -0.3 is 14.3 Å². The Morgan fingerprint density at radius 1 is 1.27 bits per heavy atom. The van der Waals surface area contributed by atoms with Crippen LogP contribution in [0.4, 0.5) is 0 Å². The molecule has 3 rings (SSSR count). The van der Waals surface area contributed by atoms with Gasteiger partial charge in [-0.05, 0) is 38.0 Å². The minimum atomic E-state index is -0.0499. The highest BCUT2D eigenvalue weighted by Crippen LogP contribution is 2.31. The average molecular weight is 448 g/mol. The second-order valence-corrected chi connectivity index (χ2v) is 8.97. The number of benzene rings is 2. The zero-order valence-corrected chi connectivity index (χ0v) is 19.0. The third-order valence-corrected chi connectivity index (χ3v) is 5.98. The average Bonchev–Trinajstić information content (AvgIpc) is 3.11. The number of nitrogens with zero attached hydrogens (tertiary/aromatic N) is 1. The molecule has 5 nitrogen and oxygen atoms in total. The molecule has 0 unspecified atom stereocenters. The molecule has 30 heavy (non-hydrogen) atoms. The quantitative estimate of drug-likeness (QED) is 0.294. The van der Waals surface area contributed by atoms with Crippen molar-refractivity contribution in [3.05, 3.63) is 46.5 Å². The van der Waals surface area contributed by atoms with Crippen LogP contribution in [0.5, 0.6) is 11.5 Å². The highest BCUT2D eigenvalue weighted by Gasteiger charge is 2.15. The Balaban J connectivity index is 1.43. The number of hydrogen-bond donors (Lipinski definition) is 1. The van der Waals surface area contributed by atoms with E-state index in [9.17, 15) is 9.90 Å². The first-order valence-electron chi connectivity index (χ1n) is 10.0. The third-order valence-electron chi connectivity index (χ3n) is 4.83. The van der Waals surface area contributed by atoms with Crippen molar-refractivity contribution in [1.82, 2.24) is 4.98 Å². The van der Waals surface area contributed by atoms with Crippen LogP contribution in [0.3, 0.4) is 0 Å². The van der Waals surface area contributed by atoms with E-state index in [1.165, 1.54) is 0 Å². The molecule has 160 valence electrons. The van der Waals surface area contributed by atoms with Crippen molar-refractivity contribution in [3.8, 4) is 11.5 Å².